The van der Waals surface area contributed by atoms with Crippen LogP contribution in [0.15, 0.2) is 30.3 Å². The van der Waals surface area contributed by atoms with E-state index in [0.717, 1.165) is 12.0 Å². The summed E-state index contributed by atoms with van der Waals surface area (Å²) < 4.78 is 5.91. The quantitative estimate of drug-likeness (QED) is 0.558. The number of benzene rings is 1. The minimum atomic E-state index is 0.221. The van der Waals surface area contributed by atoms with Gasteiger partial charge in [-0.05, 0) is 37.5 Å². The average molecular weight is 274 g/mol. The van der Waals surface area contributed by atoms with Crippen molar-refractivity contribution in [2.75, 3.05) is 6.61 Å². The van der Waals surface area contributed by atoms with E-state index in [1.807, 2.05) is 30.3 Å². The Morgan fingerprint density at radius 3 is 2.50 bits per heavy atom. The smallest absolute Gasteiger partial charge is 0.162 e. The molecule has 1 fully saturated rings. The van der Waals surface area contributed by atoms with E-state index in [4.69, 9.17) is 4.74 Å². The van der Waals surface area contributed by atoms with Gasteiger partial charge in [0.25, 0.3) is 0 Å². The van der Waals surface area contributed by atoms with E-state index >= 15 is 0 Å². The summed E-state index contributed by atoms with van der Waals surface area (Å²) in [6.45, 7) is 5.38. The van der Waals surface area contributed by atoms with Crippen LogP contribution < -0.4 is 0 Å². The molecule has 1 aliphatic carbocycles. The molecule has 0 aliphatic heterocycles. The number of hydrogen-bond acceptors (Lipinski definition) is 2. The fourth-order valence-electron chi connectivity index (χ4n) is 2.79. The highest BCUT2D eigenvalue weighted by Gasteiger charge is 2.26. The fraction of sp³-hybridized carbons (Fsp3) is 0.611. The number of carbonyl (C=O) groups excluding carboxylic acids is 1. The SMILES string of the molecule is CC1(C)CCC(OCCCC(=O)c2ccccc2)CC1. The number of ether oxygens (including phenoxy) is 1. The normalized spacial score (nSPS) is 18.9. The monoisotopic (exact) mass is 274 g/mol. The van der Waals surface area contributed by atoms with Crippen LogP contribution in [0.2, 0.25) is 0 Å². The van der Waals surface area contributed by atoms with Crippen molar-refractivity contribution in [2.24, 2.45) is 5.41 Å². The molecule has 2 heteroatoms. The van der Waals surface area contributed by atoms with Gasteiger partial charge in [0.1, 0.15) is 0 Å². The molecular formula is C18H26O2. The van der Waals surface area contributed by atoms with E-state index in [-0.39, 0.29) is 5.78 Å². The number of hydrogen-bond donors (Lipinski definition) is 0. The van der Waals surface area contributed by atoms with Crippen LogP contribution in [0.5, 0.6) is 0 Å². The molecule has 0 spiro atoms. The van der Waals surface area contributed by atoms with E-state index in [0.29, 0.717) is 24.5 Å². The van der Waals surface area contributed by atoms with Crippen LogP contribution >= 0.6 is 0 Å². The van der Waals surface area contributed by atoms with Gasteiger partial charge in [-0.3, -0.25) is 4.79 Å². The molecule has 0 saturated heterocycles. The van der Waals surface area contributed by atoms with Crippen LogP contribution in [-0.4, -0.2) is 18.5 Å². The van der Waals surface area contributed by atoms with Crippen LogP contribution in [0.3, 0.4) is 0 Å². The molecule has 2 nitrogen and oxygen atoms in total. The Bertz CT molecular complexity index is 412. The molecule has 1 aromatic carbocycles. The molecular weight excluding hydrogens is 248 g/mol. The van der Waals surface area contributed by atoms with Crippen LogP contribution in [-0.2, 0) is 4.74 Å². The number of ketones is 1. The second-order valence-corrected chi connectivity index (χ2v) is 6.63. The molecule has 0 N–H and O–H groups in total. The molecule has 0 heterocycles. The van der Waals surface area contributed by atoms with Crippen molar-refractivity contribution < 1.29 is 9.53 Å². The summed E-state index contributed by atoms with van der Waals surface area (Å²) in [7, 11) is 0. The predicted molar refractivity (Wildman–Crippen MR) is 82.0 cm³/mol. The van der Waals surface area contributed by atoms with E-state index < -0.39 is 0 Å². The Kier molecular flexibility index (Phi) is 5.36. The highest BCUT2D eigenvalue weighted by Crippen LogP contribution is 2.36. The molecule has 0 atom stereocenters. The Balaban J connectivity index is 1.61. The Labute approximate surface area is 122 Å². The maximum atomic E-state index is 11.9. The topological polar surface area (TPSA) is 26.3 Å². The zero-order valence-corrected chi connectivity index (χ0v) is 12.7. The molecule has 2 rings (SSSR count). The number of carbonyl (C=O) groups is 1. The van der Waals surface area contributed by atoms with Gasteiger partial charge in [0.05, 0.1) is 6.10 Å². The van der Waals surface area contributed by atoms with Gasteiger partial charge in [0, 0.05) is 18.6 Å². The van der Waals surface area contributed by atoms with Gasteiger partial charge in [0.15, 0.2) is 5.78 Å². The second-order valence-electron chi connectivity index (χ2n) is 6.63. The van der Waals surface area contributed by atoms with Gasteiger partial charge in [-0.2, -0.15) is 0 Å². The molecule has 0 amide bonds. The lowest BCUT2D eigenvalue weighted by Gasteiger charge is -2.34. The molecule has 1 aromatic rings. The number of rotatable bonds is 6. The third kappa shape index (κ3) is 4.75. The summed E-state index contributed by atoms with van der Waals surface area (Å²) in [6, 6.07) is 9.52. The Morgan fingerprint density at radius 1 is 1.20 bits per heavy atom. The first-order valence-electron chi connectivity index (χ1n) is 7.77. The Morgan fingerprint density at radius 2 is 1.85 bits per heavy atom. The minimum absolute atomic E-state index is 0.221. The van der Waals surface area contributed by atoms with Gasteiger partial charge in [0.2, 0.25) is 0 Å². The summed E-state index contributed by atoms with van der Waals surface area (Å²) in [6.07, 6.45) is 6.66. The zero-order valence-electron chi connectivity index (χ0n) is 12.7. The highest BCUT2D eigenvalue weighted by molar-refractivity contribution is 5.95. The standard InChI is InChI=1S/C18H26O2/c1-18(2)12-10-16(11-13-18)20-14-6-9-17(19)15-7-4-3-5-8-15/h3-5,7-8,16H,6,9-14H2,1-2H3. The lowest BCUT2D eigenvalue weighted by Crippen LogP contribution is -2.26. The van der Waals surface area contributed by atoms with Crippen LogP contribution in [0.1, 0.15) is 62.7 Å². The molecule has 0 radical (unpaired) electrons. The van der Waals surface area contributed by atoms with Crippen LogP contribution in [0.25, 0.3) is 0 Å². The Hall–Kier alpha value is -1.15. The largest absolute Gasteiger partial charge is 0.378 e. The van der Waals surface area contributed by atoms with Crippen molar-refractivity contribution in [2.45, 2.75) is 58.5 Å². The van der Waals surface area contributed by atoms with Crippen molar-refractivity contribution in [1.29, 1.82) is 0 Å². The summed E-state index contributed by atoms with van der Waals surface area (Å²) in [5, 5.41) is 0. The van der Waals surface area contributed by atoms with Crippen molar-refractivity contribution in [3.05, 3.63) is 35.9 Å². The van der Waals surface area contributed by atoms with E-state index in [1.54, 1.807) is 0 Å². The highest BCUT2D eigenvalue weighted by atomic mass is 16.5. The molecule has 0 aromatic heterocycles. The van der Waals surface area contributed by atoms with Gasteiger partial charge in [-0.25, -0.2) is 0 Å². The predicted octanol–water partition coefficient (Wildman–Crippen LogP) is 4.63. The zero-order chi connectivity index (χ0) is 14.4. The summed E-state index contributed by atoms with van der Waals surface area (Å²) in [5.74, 6) is 0.221. The molecule has 1 aliphatic rings. The maximum Gasteiger partial charge on any atom is 0.162 e. The average Bonchev–Trinajstić information content (AvgIpc) is 2.46. The minimum Gasteiger partial charge on any atom is -0.378 e. The van der Waals surface area contributed by atoms with Gasteiger partial charge >= 0.3 is 0 Å². The first-order chi connectivity index (χ1) is 9.57. The van der Waals surface area contributed by atoms with E-state index in [1.165, 1.54) is 25.7 Å². The molecule has 0 unspecified atom stereocenters. The molecule has 0 bridgehead atoms. The van der Waals surface area contributed by atoms with E-state index in [9.17, 15) is 4.79 Å². The third-order valence-corrected chi connectivity index (χ3v) is 4.28. The first kappa shape index (κ1) is 15.2. The summed E-state index contributed by atoms with van der Waals surface area (Å²) >= 11 is 0. The van der Waals surface area contributed by atoms with Crippen LogP contribution in [0.4, 0.5) is 0 Å². The maximum absolute atomic E-state index is 11.9. The third-order valence-electron chi connectivity index (χ3n) is 4.28. The fourth-order valence-corrected chi connectivity index (χ4v) is 2.79. The lowest BCUT2D eigenvalue weighted by molar-refractivity contribution is 0.00311. The van der Waals surface area contributed by atoms with Gasteiger partial charge in [-0.15, -0.1) is 0 Å². The van der Waals surface area contributed by atoms with Gasteiger partial charge < -0.3 is 4.74 Å². The van der Waals surface area contributed by atoms with E-state index in [2.05, 4.69) is 13.8 Å². The van der Waals surface area contributed by atoms with Crippen LogP contribution in [0, 0.1) is 5.41 Å². The van der Waals surface area contributed by atoms with Crippen molar-refractivity contribution in [3.8, 4) is 0 Å². The number of Topliss-reactive ketones (excluding diaryl/α,β-unsaturated/α-hetero) is 1. The summed E-state index contributed by atoms with van der Waals surface area (Å²) in [4.78, 5) is 11.9. The molecule has 1 saturated carbocycles. The summed E-state index contributed by atoms with van der Waals surface area (Å²) in [5.41, 5.74) is 1.30. The van der Waals surface area contributed by atoms with Crippen molar-refractivity contribution in [1.82, 2.24) is 0 Å². The first-order valence-corrected chi connectivity index (χ1v) is 7.77. The lowest BCUT2D eigenvalue weighted by atomic mass is 9.76. The van der Waals surface area contributed by atoms with Gasteiger partial charge in [-0.1, -0.05) is 44.2 Å². The second kappa shape index (κ2) is 7.03. The van der Waals surface area contributed by atoms with Crippen molar-refractivity contribution in [3.63, 3.8) is 0 Å². The van der Waals surface area contributed by atoms with Crippen molar-refractivity contribution >= 4 is 5.78 Å². The molecule has 110 valence electrons. The molecule has 20 heavy (non-hydrogen) atoms.